The Morgan fingerprint density at radius 2 is 2.06 bits per heavy atom. The summed E-state index contributed by atoms with van der Waals surface area (Å²) in [6.07, 6.45) is 3.52. The minimum atomic E-state index is -0.428. The number of nitrogens with zero attached hydrogens (tertiary/aromatic N) is 2. The zero-order valence-electron chi connectivity index (χ0n) is 10.7. The van der Waals surface area contributed by atoms with Crippen LogP contribution in [0.2, 0.25) is 5.02 Å². The fourth-order valence-electron chi connectivity index (χ4n) is 2.09. The Morgan fingerprint density at radius 1 is 1.33 bits per heavy atom. The molecule has 1 atom stereocenters. The summed E-state index contributed by atoms with van der Waals surface area (Å²) in [5.74, 6) is 0. The third kappa shape index (κ3) is 2.74. The maximum atomic E-state index is 6.39. The Labute approximate surface area is 113 Å². The number of nitrogens with two attached hydrogens (primary N) is 1. The van der Waals surface area contributed by atoms with Crippen LogP contribution in [0.5, 0.6) is 0 Å². The second kappa shape index (κ2) is 5.12. The molecular weight excluding hydrogens is 246 g/mol. The van der Waals surface area contributed by atoms with E-state index in [1.165, 1.54) is 5.69 Å². The van der Waals surface area contributed by atoms with E-state index in [0.717, 1.165) is 23.4 Å². The van der Waals surface area contributed by atoms with Crippen LogP contribution in [0, 0.1) is 0 Å². The van der Waals surface area contributed by atoms with Gasteiger partial charge in [-0.1, -0.05) is 29.8 Å². The van der Waals surface area contributed by atoms with E-state index in [2.05, 4.69) is 5.10 Å². The number of hydrogen-bond donors (Lipinski definition) is 1. The largest absolute Gasteiger partial charge is 0.322 e. The van der Waals surface area contributed by atoms with Crippen LogP contribution in [-0.2, 0) is 19.0 Å². The van der Waals surface area contributed by atoms with Crippen LogP contribution in [0.3, 0.4) is 0 Å². The Hall–Kier alpha value is -1.32. The molecular formula is C14H18ClN3. The summed E-state index contributed by atoms with van der Waals surface area (Å²) in [5, 5.41) is 4.89. The monoisotopic (exact) mass is 263 g/mol. The summed E-state index contributed by atoms with van der Waals surface area (Å²) in [6.45, 7) is 2.02. The molecule has 0 aliphatic rings. The van der Waals surface area contributed by atoms with Crippen LogP contribution in [0.25, 0.3) is 0 Å². The van der Waals surface area contributed by atoms with Gasteiger partial charge in [-0.2, -0.15) is 5.10 Å². The first-order valence-corrected chi connectivity index (χ1v) is 6.39. The number of hydrogen-bond acceptors (Lipinski definition) is 2. The fraction of sp³-hybridized carbons (Fsp3) is 0.357. The van der Waals surface area contributed by atoms with Gasteiger partial charge in [-0.15, -0.1) is 0 Å². The molecule has 0 spiro atoms. The van der Waals surface area contributed by atoms with Crippen LogP contribution in [-0.4, -0.2) is 9.78 Å². The molecule has 96 valence electrons. The van der Waals surface area contributed by atoms with Gasteiger partial charge in [-0.25, -0.2) is 0 Å². The molecule has 0 bridgehead atoms. The lowest BCUT2D eigenvalue weighted by Gasteiger charge is -2.26. The number of benzene rings is 1. The standard InChI is InChI=1S/C14H18ClN3/c1-14(16,12-5-3-4-6-13(12)15)9-7-11-8-10-17-18(11)2/h3-6,8,10H,7,9,16H2,1-2H3. The molecule has 1 aromatic heterocycles. The van der Waals surface area contributed by atoms with Crippen LogP contribution in [0.1, 0.15) is 24.6 Å². The molecule has 0 radical (unpaired) electrons. The molecule has 3 nitrogen and oxygen atoms in total. The van der Waals surface area contributed by atoms with E-state index in [-0.39, 0.29) is 0 Å². The average molecular weight is 264 g/mol. The fourth-order valence-corrected chi connectivity index (χ4v) is 2.44. The minimum Gasteiger partial charge on any atom is -0.322 e. The topological polar surface area (TPSA) is 43.8 Å². The Bertz CT molecular complexity index is 531. The highest BCUT2D eigenvalue weighted by Gasteiger charge is 2.23. The molecule has 0 amide bonds. The number of rotatable bonds is 4. The average Bonchev–Trinajstić information content (AvgIpc) is 2.73. The zero-order valence-corrected chi connectivity index (χ0v) is 11.5. The Balaban J connectivity index is 2.13. The first-order valence-electron chi connectivity index (χ1n) is 6.01. The van der Waals surface area contributed by atoms with Crippen LogP contribution < -0.4 is 5.73 Å². The number of aryl methyl sites for hydroxylation is 2. The quantitative estimate of drug-likeness (QED) is 0.922. The summed E-state index contributed by atoms with van der Waals surface area (Å²) >= 11 is 6.20. The van der Waals surface area contributed by atoms with Crippen molar-refractivity contribution in [1.82, 2.24) is 9.78 Å². The van der Waals surface area contributed by atoms with E-state index in [0.29, 0.717) is 0 Å². The van der Waals surface area contributed by atoms with Gasteiger partial charge < -0.3 is 5.73 Å². The van der Waals surface area contributed by atoms with E-state index >= 15 is 0 Å². The van der Waals surface area contributed by atoms with Crippen molar-refractivity contribution in [1.29, 1.82) is 0 Å². The lowest BCUT2D eigenvalue weighted by molar-refractivity contribution is 0.446. The molecule has 4 heteroatoms. The van der Waals surface area contributed by atoms with Gasteiger partial charge in [-0.05, 0) is 37.5 Å². The van der Waals surface area contributed by atoms with Gasteiger partial charge in [-0.3, -0.25) is 4.68 Å². The molecule has 0 aliphatic heterocycles. The van der Waals surface area contributed by atoms with Crippen LogP contribution in [0.4, 0.5) is 0 Å². The molecule has 0 aliphatic carbocycles. The normalized spacial score (nSPS) is 14.4. The van der Waals surface area contributed by atoms with Crippen molar-refractivity contribution in [2.45, 2.75) is 25.3 Å². The summed E-state index contributed by atoms with van der Waals surface area (Å²) < 4.78 is 1.88. The molecule has 1 unspecified atom stereocenters. The van der Waals surface area contributed by atoms with Crippen molar-refractivity contribution >= 4 is 11.6 Å². The van der Waals surface area contributed by atoms with Crippen molar-refractivity contribution in [3.63, 3.8) is 0 Å². The molecule has 2 N–H and O–H groups in total. The van der Waals surface area contributed by atoms with Gasteiger partial charge in [0.1, 0.15) is 0 Å². The third-order valence-electron chi connectivity index (χ3n) is 3.31. The Kier molecular flexibility index (Phi) is 3.73. The van der Waals surface area contributed by atoms with Crippen molar-refractivity contribution in [3.8, 4) is 0 Å². The molecule has 0 fully saturated rings. The van der Waals surface area contributed by atoms with E-state index in [9.17, 15) is 0 Å². The lowest BCUT2D eigenvalue weighted by atomic mass is 9.88. The van der Waals surface area contributed by atoms with E-state index in [4.69, 9.17) is 17.3 Å². The van der Waals surface area contributed by atoms with E-state index in [1.807, 2.05) is 49.0 Å². The predicted octanol–water partition coefficient (Wildman–Crippen LogP) is 2.88. The Morgan fingerprint density at radius 3 is 2.67 bits per heavy atom. The maximum absolute atomic E-state index is 6.39. The number of aromatic nitrogens is 2. The summed E-state index contributed by atoms with van der Waals surface area (Å²) in [4.78, 5) is 0. The molecule has 0 saturated heterocycles. The van der Waals surface area contributed by atoms with Gasteiger partial charge in [0, 0.05) is 29.5 Å². The molecule has 1 heterocycles. The van der Waals surface area contributed by atoms with Crippen molar-refractivity contribution < 1.29 is 0 Å². The smallest absolute Gasteiger partial charge is 0.0492 e. The second-order valence-electron chi connectivity index (χ2n) is 4.84. The van der Waals surface area contributed by atoms with Gasteiger partial charge in [0.15, 0.2) is 0 Å². The highest BCUT2D eigenvalue weighted by atomic mass is 35.5. The highest BCUT2D eigenvalue weighted by Crippen LogP contribution is 2.29. The molecule has 18 heavy (non-hydrogen) atoms. The van der Waals surface area contributed by atoms with Gasteiger partial charge in [0.05, 0.1) is 0 Å². The first-order chi connectivity index (χ1) is 8.50. The van der Waals surface area contributed by atoms with Crippen molar-refractivity contribution in [2.75, 3.05) is 0 Å². The SMILES string of the molecule is Cn1nccc1CCC(C)(N)c1ccccc1Cl. The minimum absolute atomic E-state index is 0.428. The van der Waals surface area contributed by atoms with E-state index < -0.39 is 5.54 Å². The zero-order chi connectivity index (χ0) is 13.2. The maximum Gasteiger partial charge on any atom is 0.0492 e. The lowest BCUT2D eigenvalue weighted by Crippen LogP contribution is -2.34. The van der Waals surface area contributed by atoms with Crippen molar-refractivity contribution in [3.05, 3.63) is 52.8 Å². The highest BCUT2D eigenvalue weighted by molar-refractivity contribution is 6.31. The van der Waals surface area contributed by atoms with Crippen LogP contribution in [0.15, 0.2) is 36.5 Å². The predicted molar refractivity (Wildman–Crippen MR) is 74.5 cm³/mol. The van der Waals surface area contributed by atoms with Gasteiger partial charge >= 0.3 is 0 Å². The molecule has 1 aromatic carbocycles. The summed E-state index contributed by atoms with van der Waals surface area (Å²) in [5.41, 5.74) is 8.14. The summed E-state index contributed by atoms with van der Waals surface area (Å²) in [6, 6.07) is 9.78. The summed E-state index contributed by atoms with van der Waals surface area (Å²) in [7, 11) is 1.94. The molecule has 2 rings (SSSR count). The molecule has 0 saturated carbocycles. The van der Waals surface area contributed by atoms with Gasteiger partial charge in [0.25, 0.3) is 0 Å². The van der Waals surface area contributed by atoms with Gasteiger partial charge in [0.2, 0.25) is 0 Å². The first kappa shape index (κ1) is 13.1. The molecule has 2 aromatic rings. The number of halogens is 1. The second-order valence-corrected chi connectivity index (χ2v) is 5.25. The third-order valence-corrected chi connectivity index (χ3v) is 3.64. The van der Waals surface area contributed by atoms with Crippen LogP contribution >= 0.6 is 11.6 Å². The van der Waals surface area contributed by atoms with Crippen molar-refractivity contribution in [2.24, 2.45) is 12.8 Å². The van der Waals surface area contributed by atoms with E-state index in [1.54, 1.807) is 6.20 Å².